The number of hydrogen-bond donors (Lipinski definition) is 2. The van der Waals surface area contributed by atoms with Crippen molar-refractivity contribution < 1.29 is 4.79 Å². The summed E-state index contributed by atoms with van der Waals surface area (Å²) in [6.45, 7) is 5.21. The zero-order chi connectivity index (χ0) is 18.8. The molecule has 0 atom stereocenters. The molecule has 3 aromatic rings. The molecule has 3 heterocycles. The lowest BCUT2D eigenvalue weighted by Crippen LogP contribution is -2.19. The Bertz CT molecular complexity index is 944. The van der Waals surface area contributed by atoms with Gasteiger partial charge in [0.25, 0.3) is 0 Å². The van der Waals surface area contributed by atoms with Crippen molar-refractivity contribution >= 4 is 28.2 Å². The largest absolute Gasteiger partial charge is 0.325 e. The Morgan fingerprint density at radius 2 is 2.04 bits per heavy atom. The van der Waals surface area contributed by atoms with E-state index in [0.717, 1.165) is 53.6 Å². The summed E-state index contributed by atoms with van der Waals surface area (Å²) in [5.41, 5.74) is 1.88. The summed E-state index contributed by atoms with van der Waals surface area (Å²) in [5, 5.41) is 14.8. The van der Waals surface area contributed by atoms with Crippen molar-refractivity contribution in [3.8, 4) is 0 Å². The molecule has 1 aromatic carbocycles. The Balaban J connectivity index is 1.35. The highest BCUT2D eigenvalue weighted by Gasteiger charge is 2.17. The summed E-state index contributed by atoms with van der Waals surface area (Å²) in [6, 6.07) is 7.52. The van der Waals surface area contributed by atoms with Crippen LogP contribution in [0.15, 0.2) is 30.5 Å². The molecule has 0 fully saturated rings. The fraction of sp³-hybridized carbons (Fsp3) is 0.368. The highest BCUT2D eigenvalue weighted by Crippen LogP contribution is 2.25. The van der Waals surface area contributed by atoms with Crippen LogP contribution in [0.3, 0.4) is 0 Å². The first-order chi connectivity index (χ1) is 13.1. The molecule has 2 N–H and O–H groups in total. The summed E-state index contributed by atoms with van der Waals surface area (Å²) in [7, 11) is 0. The molecule has 0 saturated carbocycles. The van der Waals surface area contributed by atoms with Crippen LogP contribution in [0.2, 0.25) is 0 Å². The van der Waals surface area contributed by atoms with Crippen molar-refractivity contribution in [1.29, 1.82) is 0 Å². The van der Waals surface area contributed by atoms with E-state index in [1.165, 1.54) is 11.3 Å². The lowest BCUT2D eigenvalue weighted by molar-refractivity contribution is 0.262. The molecule has 1 aliphatic rings. The predicted octanol–water partition coefficient (Wildman–Crippen LogP) is 4.04. The fourth-order valence-electron chi connectivity index (χ4n) is 3.10. The number of carbonyl (C=O) groups is 1. The van der Waals surface area contributed by atoms with E-state index < -0.39 is 0 Å². The predicted molar refractivity (Wildman–Crippen MR) is 106 cm³/mol. The van der Waals surface area contributed by atoms with Gasteiger partial charge >= 0.3 is 6.03 Å². The van der Waals surface area contributed by atoms with E-state index >= 15 is 0 Å². The van der Waals surface area contributed by atoms with E-state index in [-0.39, 0.29) is 6.03 Å². The number of rotatable bonds is 5. The molecule has 0 unspecified atom stereocenters. The van der Waals surface area contributed by atoms with Gasteiger partial charge in [-0.25, -0.2) is 9.78 Å². The maximum Gasteiger partial charge on any atom is 0.325 e. The van der Waals surface area contributed by atoms with Crippen LogP contribution in [-0.4, -0.2) is 25.8 Å². The van der Waals surface area contributed by atoms with Crippen LogP contribution in [0.25, 0.3) is 0 Å². The number of benzene rings is 1. The van der Waals surface area contributed by atoms with Gasteiger partial charge in [-0.15, -0.1) is 21.5 Å². The number of nitrogens with zero attached hydrogens (tertiary/aromatic N) is 4. The number of urea groups is 1. The van der Waals surface area contributed by atoms with Crippen molar-refractivity contribution in [3.05, 3.63) is 52.6 Å². The third-order valence-corrected chi connectivity index (χ3v) is 5.79. The molecule has 1 aliphatic heterocycles. The minimum atomic E-state index is -0.289. The zero-order valence-corrected chi connectivity index (χ0v) is 16.2. The lowest BCUT2D eigenvalue weighted by atomic mass is 10.1. The number of amides is 2. The maximum absolute atomic E-state index is 12.2. The zero-order valence-electron chi connectivity index (χ0n) is 15.4. The van der Waals surface area contributed by atoms with Crippen LogP contribution >= 0.6 is 11.3 Å². The van der Waals surface area contributed by atoms with Crippen LogP contribution in [0, 0.1) is 0 Å². The van der Waals surface area contributed by atoms with Gasteiger partial charge in [-0.2, -0.15) is 0 Å². The molecule has 27 heavy (non-hydrogen) atoms. The fourth-order valence-corrected chi connectivity index (χ4v) is 3.91. The van der Waals surface area contributed by atoms with E-state index in [0.29, 0.717) is 11.0 Å². The van der Waals surface area contributed by atoms with E-state index in [2.05, 4.69) is 44.2 Å². The number of thiazole rings is 1. The molecule has 0 aliphatic carbocycles. The highest BCUT2D eigenvalue weighted by molar-refractivity contribution is 7.15. The van der Waals surface area contributed by atoms with Gasteiger partial charge in [-0.1, -0.05) is 26.0 Å². The van der Waals surface area contributed by atoms with Gasteiger partial charge in [-0.05, 0) is 30.0 Å². The highest BCUT2D eigenvalue weighted by atomic mass is 32.1. The van der Waals surface area contributed by atoms with Crippen LogP contribution in [-0.2, 0) is 19.4 Å². The number of aromatic nitrogens is 4. The molecule has 0 saturated heterocycles. The lowest BCUT2D eigenvalue weighted by Gasteiger charge is -2.07. The molecule has 0 radical (unpaired) electrons. The smallest absolute Gasteiger partial charge is 0.315 e. The molecular weight excluding hydrogens is 360 g/mol. The average Bonchev–Trinajstić information content (AvgIpc) is 3.35. The molecule has 140 valence electrons. The topological polar surface area (TPSA) is 84.7 Å². The first kappa shape index (κ1) is 17.7. The van der Waals surface area contributed by atoms with E-state index in [4.69, 9.17) is 0 Å². The summed E-state index contributed by atoms with van der Waals surface area (Å²) in [5.74, 6) is 2.49. The molecular formula is C19H22N6OS. The minimum absolute atomic E-state index is 0.289. The normalized spacial score (nSPS) is 13.0. The second kappa shape index (κ2) is 7.48. The van der Waals surface area contributed by atoms with Crippen LogP contribution in [0.5, 0.6) is 0 Å². The number of hydrogen-bond acceptors (Lipinski definition) is 5. The number of fused-ring (bicyclic) bond motifs is 1. The second-order valence-electron chi connectivity index (χ2n) is 6.96. The Kier molecular flexibility index (Phi) is 4.89. The number of nitrogens with one attached hydrogen (secondary N) is 2. The van der Waals surface area contributed by atoms with Crippen molar-refractivity contribution in [3.63, 3.8) is 0 Å². The molecule has 2 amide bonds. The van der Waals surface area contributed by atoms with E-state index in [1.54, 1.807) is 6.20 Å². The summed E-state index contributed by atoms with van der Waals surface area (Å²) >= 11 is 1.50. The van der Waals surface area contributed by atoms with Crippen molar-refractivity contribution in [1.82, 2.24) is 19.7 Å². The SMILES string of the molecule is CC(C)c1cnc(NC(=O)Nc2ccc(Cc3nnc4n3CCC4)cc2)s1. The maximum atomic E-state index is 12.2. The quantitative estimate of drug-likeness (QED) is 0.697. The van der Waals surface area contributed by atoms with Gasteiger partial charge in [0.15, 0.2) is 5.13 Å². The Morgan fingerprint density at radius 3 is 2.78 bits per heavy atom. The number of anilines is 2. The van der Waals surface area contributed by atoms with E-state index in [1.807, 2.05) is 24.3 Å². The van der Waals surface area contributed by atoms with E-state index in [9.17, 15) is 4.79 Å². The molecule has 8 heteroatoms. The average molecular weight is 382 g/mol. The van der Waals surface area contributed by atoms with Crippen molar-refractivity contribution in [2.75, 3.05) is 10.6 Å². The third kappa shape index (κ3) is 4.00. The van der Waals surface area contributed by atoms with Crippen molar-refractivity contribution in [2.24, 2.45) is 0 Å². The van der Waals surface area contributed by atoms with Gasteiger partial charge < -0.3 is 9.88 Å². The summed E-state index contributed by atoms with van der Waals surface area (Å²) < 4.78 is 2.21. The summed E-state index contributed by atoms with van der Waals surface area (Å²) in [6.07, 6.45) is 4.72. The third-order valence-electron chi connectivity index (χ3n) is 4.57. The first-order valence-corrected chi connectivity index (χ1v) is 9.94. The van der Waals surface area contributed by atoms with Gasteiger partial charge in [0.05, 0.1) is 0 Å². The molecule has 4 rings (SSSR count). The molecule has 0 bridgehead atoms. The number of carbonyl (C=O) groups excluding carboxylic acids is 1. The van der Waals surface area contributed by atoms with Gasteiger partial charge in [0, 0.05) is 36.1 Å². The molecule has 0 spiro atoms. The summed E-state index contributed by atoms with van der Waals surface area (Å²) in [4.78, 5) is 17.5. The Morgan fingerprint density at radius 1 is 1.22 bits per heavy atom. The van der Waals surface area contributed by atoms with Gasteiger partial charge in [0.2, 0.25) is 0 Å². The second-order valence-corrected chi connectivity index (χ2v) is 8.03. The molecule has 2 aromatic heterocycles. The Hall–Kier alpha value is -2.74. The van der Waals surface area contributed by atoms with Crippen molar-refractivity contribution in [2.45, 2.75) is 45.6 Å². The van der Waals surface area contributed by atoms with Gasteiger partial charge in [0.1, 0.15) is 11.6 Å². The first-order valence-electron chi connectivity index (χ1n) is 9.12. The Labute approximate surface area is 161 Å². The monoisotopic (exact) mass is 382 g/mol. The van der Waals surface area contributed by atoms with Crippen LogP contribution < -0.4 is 10.6 Å². The van der Waals surface area contributed by atoms with Crippen LogP contribution in [0.4, 0.5) is 15.6 Å². The number of aryl methyl sites for hydroxylation is 1. The minimum Gasteiger partial charge on any atom is -0.315 e. The van der Waals surface area contributed by atoms with Crippen LogP contribution in [0.1, 0.15) is 48.3 Å². The molecule has 7 nitrogen and oxygen atoms in total. The van der Waals surface area contributed by atoms with Gasteiger partial charge in [-0.3, -0.25) is 5.32 Å². The standard InChI is InChI=1S/C19H22N6OS/c1-12(2)15-11-20-19(27-15)22-18(26)21-14-7-5-13(6-8-14)10-17-24-23-16-4-3-9-25(16)17/h5-8,11-12H,3-4,9-10H2,1-2H3,(H2,20,21,22,26).